The van der Waals surface area contributed by atoms with Crippen LogP contribution in [0.1, 0.15) is 17.0 Å². The standard InChI is InChI=1S/C16H13FN2O2/c1-10-4-2-3-5-11(10)8-15-18-16(21-19-15)13-7-6-12(17)9-14(13)20/h2-7,9,20H,8H2,1H3. The number of aromatic hydroxyl groups is 1. The topological polar surface area (TPSA) is 59.2 Å². The van der Waals surface area contributed by atoms with Gasteiger partial charge in [0.1, 0.15) is 11.6 Å². The first-order valence-electron chi connectivity index (χ1n) is 6.49. The van der Waals surface area contributed by atoms with Crippen LogP contribution in [0.15, 0.2) is 47.0 Å². The maximum atomic E-state index is 13.0. The summed E-state index contributed by atoms with van der Waals surface area (Å²) < 4.78 is 18.1. The molecule has 0 spiro atoms. The van der Waals surface area contributed by atoms with Crippen LogP contribution in [-0.4, -0.2) is 15.2 Å². The van der Waals surface area contributed by atoms with Gasteiger partial charge in [-0.25, -0.2) is 4.39 Å². The fourth-order valence-electron chi connectivity index (χ4n) is 2.10. The van der Waals surface area contributed by atoms with Crippen molar-refractivity contribution in [1.29, 1.82) is 0 Å². The number of hydrogen-bond acceptors (Lipinski definition) is 4. The van der Waals surface area contributed by atoms with Crippen LogP contribution in [0.4, 0.5) is 4.39 Å². The smallest absolute Gasteiger partial charge is 0.261 e. The second-order valence-electron chi connectivity index (χ2n) is 4.78. The lowest BCUT2D eigenvalue weighted by Gasteiger charge is -2.01. The number of halogens is 1. The molecule has 0 fully saturated rings. The van der Waals surface area contributed by atoms with Crippen LogP contribution in [0.3, 0.4) is 0 Å². The summed E-state index contributed by atoms with van der Waals surface area (Å²) in [5, 5.41) is 13.6. The number of nitrogens with zero attached hydrogens (tertiary/aromatic N) is 2. The minimum absolute atomic E-state index is 0.177. The van der Waals surface area contributed by atoms with E-state index in [1.807, 2.05) is 31.2 Å². The molecule has 0 amide bonds. The summed E-state index contributed by atoms with van der Waals surface area (Å²) in [6.45, 7) is 2.02. The van der Waals surface area contributed by atoms with Gasteiger partial charge in [0.15, 0.2) is 5.82 Å². The van der Waals surface area contributed by atoms with Crippen LogP contribution in [0.25, 0.3) is 11.5 Å². The number of phenolic OH excluding ortho intramolecular Hbond substituents is 1. The Morgan fingerprint density at radius 1 is 1.19 bits per heavy atom. The van der Waals surface area contributed by atoms with E-state index in [1.54, 1.807) is 0 Å². The fourth-order valence-corrected chi connectivity index (χ4v) is 2.10. The van der Waals surface area contributed by atoms with Gasteiger partial charge >= 0.3 is 0 Å². The first-order valence-corrected chi connectivity index (χ1v) is 6.49. The molecule has 0 aliphatic heterocycles. The van der Waals surface area contributed by atoms with Gasteiger partial charge in [0, 0.05) is 12.5 Å². The lowest BCUT2D eigenvalue weighted by molar-refractivity contribution is 0.418. The molecule has 5 heteroatoms. The number of aromatic nitrogens is 2. The molecule has 1 aromatic heterocycles. The Hall–Kier alpha value is -2.69. The highest BCUT2D eigenvalue weighted by molar-refractivity contribution is 5.61. The summed E-state index contributed by atoms with van der Waals surface area (Å²) >= 11 is 0. The molecule has 1 heterocycles. The highest BCUT2D eigenvalue weighted by Crippen LogP contribution is 2.28. The largest absolute Gasteiger partial charge is 0.507 e. The Balaban J connectivity index is 1.88. The summed E-state index contributed by atoms with van der Waals surface area (Å²) in [5.74, 6) is -0.0453. The minimum atomic E-state index is -0.518. The van der Waals surface area contributed by atoms with E-state index < -0.39 is 5.82 Å². The number of hydrogen-bond donors (Lipinski definition) is 1. The predicted octanol–water partition coefficient (Wildman–Crippen LogP) is 3.48. The van der Waals surface area contributed by atoms with E-state index in [0.29, 0.717) is 17.8 Å². The van der Waals surface area contributed by atoms with Crippen molar-refractivity contribution in [2.75, 3.05) is 0 Å². The maximum absolute atomic E-state index is 13.0. The third-order valence-electron chi connectivity index (χ3n) is 3.27. The van der Waals surface area contributed by atoms with E-state index in [1.165, 1.54) is 12.1 Å². The molecule has 0 unspecified atom stereocenters. The third-order valence-corrected chi connectivity index (χ3v) is 3.27. The van der Waals surface area contributed by atoms with E-state index in [0.717, 1.165) is 17.2 Å². The van der Waals surface area contributed by atoms with E-state index in [9.17, 15) is 9.50 Å². The average Bonchev–Trinajstić information content (AvgIpc) is 2.90. The van der Waals surface area contributed by atoms with Crippen LogP contribution < -0.4 is 0 Å². The summed E-state index contributed by atoms with van der Waals surface area (Å²) in [5.41, 5.74) is 2.57. The second kappa shape index (κ2) is 5.36. The highest BCUT2D eigenvalue weighted by atomic mass is 19.1. The number of aryl methyl sites for hydroxylation is 1. The average molecular weight is 284 g/mol. The quantitative estimate of drug-likeness (QED) is 0.800. The van der Waals surface area contributed by atoms with Crippen molar-refractivity contribution in [1.82, 2.24) is 10.1 Å². The van der Waals surface area contributed by atoms with Crippen LogP contribution in [0.2, 0.25) is 0 Å². The summed E-state index contributed by atoms with van der Waals surface area (Å²) in [6, 6.07) is 11.6. The molecule has 0 radical (unpaired) electrons. The minimum Gasteiger partial charge on any atom is -0.507 e. The van der Waals surface area contributed by atoms with Gasteiger partial charge in [0.2, 0.25) is 0 Å². The normalized spacial score (nSPS) is 10.8. The molecule has 0 bridgehead atoms. The van der Waals surface area contributed by atoms with Crippen molar-refractivity contribution >= 4 is 0 Å². The van der Waals surface area contributed by atoms with Crippen molar-refractivity contribution < 1.29 is 14.0 Å². The number of benzene rings is 2. The lowest BCUT2D eigenvalue weighted by atomic mass is 10.1. The molecule has 0 aliphatic rings. The molecular weight excluding hydrogens is 271 g/mol. The first-order chi connectivity index (χ1) is 10.1. The number of rotatable bonds is 3. The lowest BCUT2D eigenvalue weighted by Crippen LogP contribution is -1.93. The van der Waals surface area contributed by atoms with Gasteiger partial charge in [-0.3, -0.25) is 0 Å². The SMILES string of the molecule is Cc1ccccc1Cc1noc(-c2ccc(F)cc2O)n1. The van der Waals surface area contributed by atoms with Gasteiger partial charge in [-0.1, -0.05) is 29.4 Å². The Kier molecular flexibility index (Phi) is 3.39. The molecule has 21 heavy (non-hydrogen) atoms. The molecule has 0 atom stereocenters. The van der Waals surface area contributed by atoms with Crippen molar-refractivity contribution in [3.05, 3.63) is 65.2 Å². The van der Waals surface area contributed by atoms with Crippen LogP contribution in [0.5, 0.6) is 5.75 Å². The van der Waals surface area contributed by atoms with Gasteiger partial charge in [0.25, 0.3) is 5.89 Å². The Labute approximate surface area is 120 Å². The molecule has 2 aromatic carbocycles. The van der Waals surface area contributed by atoms with Crippen molar-refractivity contribution in [2.24, 2.45) is 0 Å². The fraction of sp³-hybridized carbons (Fsp3) is 0.125. The molecule has 3 aromatic rings. The Bertz CT molecular complexity index is 783. The molecule has 3 rings (SSSR count). The molecule has 0 saturated carbocycles. The Morgan fingerprint density at radius 2 is 2.00 bits per heavy atom. The van der Waals surface area contributed by atoms with Crippen LogP contribution in [-0.2, 0) is 6.42 Å². The van der Waals surface area contributed by atoms with Crippen molar-refractivity contribution in [3.63, 3.8) is 0 Å². The van der Waals surface area contributed by atoms with E-state index >= 15 is 0 Å². The Morgan fingerprint density at radius 3 is 2.76 bits per heavy atom. The summed E-state index contributed by atoms with van der Waals surface area (Å²) in [4.78, 5) is 4.25. The molecular formula is C16H13FN2O2. The zero-order valence-electron chi connectivity index (χ0n) is 11.4. The summed E-state index contributed by atoms with van der Waals surface area (Å²) in [7, 11) is 0. The van der Waals surface area contributed by atoms with E-state index in [4.69, 9.17) is 4.52 Å². The second-order valence-corrected chi connectivity index (χ2v) is 4.78. The zero-order valence-corrected chi connectivity index (χ0v) is 11.4. The molecule has 0 aliphatic carbocycles. The van der Waals surface area contributed by atoms with E-state index in [2.05, 4.69) is 10.1 Å². The van der Waals surface area contributed by atoms with Gasteiger partial charge < -0.3 is 9.63 Å². The zero-order chi connectivity index (χ0) is 14.8. The molecule has 1 N–H and O–H groups in total. The first kappa shape index (κ1) is 13.3. The van der Waals surface area contributed by atoms with Gasteiger partial charge in [-0.15, -0.1) is 0 Å². The number of phenols is 1. The third kappa shape index (κ3) is 2.76. The van der Waals surface area contributed by atoms with E-state index in [-0.39, 0.29) is 11.6 Å². The highest BCUT2D eigenvalue weighted by Gasteiger charge is 2.14. The van der Waals surface area contributed by atoms with Crippen LogP contribution >= 0.6 is 0 Å². The van der Waals surface area contributed by atoms with Crippen molar-refractivity contribution in [2.45, 2.75) is 13.3 Å². The molecule has 0 saturated heterocycles. The maximum Gasteiger partial charge on any atom is 0.261 e. The summed E-state index contributed by atoms with van der Waals surface area (Å²) in [6.07, 6.45) is 0.540. The van der Waals surface area contributed by atoms with Crippen LogP contribution in [0, 0.1) is 12.7 Å². The van der Waals surface area contributed by atoms with Gasteiger partial charge in [0.05, 0.1) is 5.56 Å². The van der Waals surface area contributed by atoms with Gasteiger partial charge in [-0.05, 0) is 30.2 Å². The van der Waals surface area contributed by atoms with Gasteiger partial charge in [-0.2, -0.15) is 4.98 Å². The molecule has 4 nitrogen and oxygen atoms in total. The predicted molar refractivity (Wildman–Crippen MR) is 75.3 cm³/mol. The van der Waals surface area contributed by atoms with Crippen molar-refractivity contribution in [3.8, 4) is 17.2 Å². The molecule has 106 valence electrons. The monoisotopic (exact) mass is 284 g/mol.